The van der Waals surface area contributed by atoms with E-state index in [1.807, 2.05) is 0 Å². The fourth-order valence-corrected chi connectivity index (χ4v) is 2.79. The van der Waals surface area contributed by atoms with Gasteiger partial charge in [0.2, 0.25) is 5.03 Å². The predicted molar refractivity (Wildman–Crippen MR) is 66.9 cm³/mol. The highest BCUT2D eigenvalue weighted by Crippen LogP contribution is 2.23. The Labute approximate surface area is 111 Å². The van der Waals surface area contributed by atoms with Crippen molar-refractivity contribution in [2.45, 2.75) is 5.03 Å². The fourth-order valence-electron chi connectivity index (χ4n) is 1.22. The molecule has 0 bridgehead atoms. The molecule has 2 rings (SSSR count). The van der Waals surface area contributed by atoms with Gasteiger partial charge in [0.05, 0.1) is 10.2 Å². The summed E-state index contributed by atoms with van der Waals surface area (Å²) in [6.07, 6.45) is 4.04. The Hall–Kier alpha value is -1.54. The van der Waals surface area contributed by atoms with Crippen LogP contribution in [-0.4, -0.2) is 18.4 Å². The molecular weight excluding hydrogens is 325 g/mol. The molecule has 0 spiro atoms. The Kier molecular flexibility index (Phi) is 3.58. The van der Waals surface area contributed by atoms with Gasteiger partial charge in [-0.3, -0.25) is 9.71 Å². The molecule has 0 atom stereocenters. The van der Waals surface area contributed by atoms with E-state index in [2.05, 4.69) is 30.6 Å². The third-order valence-corrected chi connectivity index (χ3v) is 3.93. The lowest BCUT2D eigenvalue weighted by atomic mass is 10.4. The molecule has 0 aliphatic carbocycles. The van der Waals surface area contributed by atoms with Gasteiger partial charge in [-0.25, -0.2) is 9.37 Å². The minimum atomic E-state index is -4.06. The van der Waals surface area contributed by atoms with Crippen molar-refractivity contribution in [2.24, 2.45) is 0 Å². The third kappa shape index (κ3) is 2.65. The van der Waals surface area contributed by atoms with Gasteiger partial charge in [-0.05, 0) is 34.1 Å². The number of pyridine rings is 2. The molecule has 0 aliphatic rings. The van der Waals surface area contributed by atoms with Crippen molar-refractivity contribution < 1.29 is 12.8 Å². The van der Waals surface area contributed by atoms with E-state index in [0.29, 0.717) is 4.47 Å². The molecular formula is C10H7BrFN3O2S. The van der Waals surface area contributed by atoms with Crippen LogP contribution in [0.3, 0.4) is 0 Å². The molecule has 2 heterocycles. The quantitative estimate of drug-likeness (QED) is 0.935. The van der Waals surface area contributed by atoms with Crippen molar-refractivity contribution in [2.75, 3.05) is 4.72 Å². The fraction of sp³-hybridized carbons (Fsp3) is 0. The summed E-state index contributed by atoms with van der Waals surface area (Å²) in [6, 6.07) is 3.79. The zero-order valence-corrected chi connectivity index (χ0v) is 11.2. The van der Waals surface area contributed by atoms with Crippen LogP contribution >= 0.6 is 15.9 Å². The molecule has 0 radical (unpaired) electrons. The standard InChI is InChI=1S/C10H7BrFN3O2S/c11-7-6-13-5-3-9(7)15-18(16,17)10-8(12)2-1-4-14-10/h1-6H,(H,13,15). The molecule has 5 nitrogen and oxygen atoms in total. The predicted octanol–water partition coefficient (Wildman–Crippen LogP) is 2.18. The van der Waals surface area contributed by atoms with Crippen molar-refractivity contribution in [1.29, 1.82) is 0 Å². The normalized spacial score (nSPS) is 11.2. The van der Waals surface area contributed by atoms with Gasteiger partial charge < -0.3 is 0 Å². The first-order chi connectivity index (χ1) is 8.50. The molecule has 0 fully saturated rings. The van der Waals surface area contributed by atoms with Gasteiger partial charge in [-0.2, -0.15) is 8.42 Å². The summed E-state index contributed by atoms with van der Waals surface area (Å²) in [7, 11) is -4.06. The lowest BCUT2D eigenvalue weighted by Crippen LogP contribution is -2.16. The highest BCUT2D eigenvalue weighted by atomic mass is 79.9. The highest BCUT2D eigenvalue weighted by Gasteiger charge is 2.21. The van der Waals surface area contributed by atoms with Crippen molar-refractivity contribution in [3.05, 3.63) is 47.1 Å². The lowest BCUT2D eigenvalue weighted by molar-refractivity contribution is 0.557. The first kappa shape index (κ1) is 12.9. The van der Waals surface area contributed by atoms with Crippen LogP contribution in [0.5, 0.6) is 0 Å². The van der Waals surface area contributed by atoms with Gasteiger partial charge in [0, 0.05) is 18.6 Å². The molecule has 0 aromatic carbocycles. The molecule has 0 saturated carbocycles. The zero-order valence-electron chi connectivity index (χ0n) is 8.84. The molecule has 0 aliphatic heterocycles. The maximum atomic E-state index is 13.4. The monoisotopic (exact) mass is 331 g/mol. The van der Waals surface area contributed by atoms with Crippen molar-refractivity contribution >= 4 is 31.6 Å². The third-order valence-electron chi connectivity index (χ3n) is 2.00. The van der Waals surface area contributed by atoms with E-state index in [1.165, 1.54) is 30.7 Å². The van der Waals surface area contributed by atoms with E-state index >= 15 is 0 Å². The molecule has 94 valence electrons. The Morgan fingerprint density at radius 2 is 2.06 bits per heavy atom. The van der Waals surface area contributed by atoms with E-state index in [0.717, 1.165) is 6.07 Å². The Morgan fingerprint density at radius 3 is 2.72 bits per heavy atom. The molecule has 8 heteroatoms. The Morgan fingerprint density at radius 1 is 1.28 bits per heavy atom. The van der Waals surface area contributed by atoms with Gasteiger partial charge in [0.25, 0.3) is 10.0 Å². The van der Waals surface area contributed by atoms with E-state index in [1.54, 1.807) is 0 Å². The summed E-state index contributed by atoms with van der Waals surface area (Å²) in [5.74, 6) is -0.907. The molecule has 18 heavy (non-hydrogen) atoms. The number of aromatic nitrogens is 2. The van der Waals surface area contributed by atoms with Crippen molar-refractivity contribution in [1.82, 2.24) is 9.97 Å². The zero-order chi connectivity index (χ0) is 13.2. The lowest BCUT2D eigenvalue weighted by Gasteiger charge is -2.08. The van der Waals surface area contributed by atoms with Gasteiger partial charge >= 0.3 is 0 Å². The molecule has 2 aromatic heterocycles. The SMILES string of the molecule is O=S(=O)(Nc1ccncc1Br)c1ncccc1F. The Balaban J connectivity index is 2.40. The van der Waals surface area contributed by atoms with E-state index in [4.69, 9.17) is 0 Å². The number of nitrogens with one attached hydrogen (secondary N) is 1. The molecule has 0 saturated heterocycles. The topological polar surface area (TPSA) is 72.0 Å². The minimum Gasteiger partial charge on any atom is -0.277 e. The first-order valence-corrected chi connectivity index (χ1v) is 7.01. The minimum absolute atomic E-state index is 0.259. The molecule has 0 unspecified atom stereocenters. The number of sulfonamides is 1. The number of halogens is 2. The first-order valence-electron chi connectivity index (χ1n) is 4.73. The second-order valence-corrected chi connectivity index (χ2v) is 5.70. The van der Waals surface area contributed by atoms with Crippen molar-refractivity contribution in [3.8, 4) is 0 Å². The van der Waals surface area contributed by atoms with Crippen LogP contribution in [-0.2, 0) is 10.0 Å². The highest BCUT2D eigenvalue weighted by molar-refractivity contribution is 9.10. The van der Waals surface area contributed by atoms with Crippen LogP contribution in [0.1, 0.15) is 0 Å². The number of hydrogen-bond donors (Lipinski definition) is 1. The summed E-state index contributed by atoms with van der Waals surface area (Å²) < 4.78 is 39.9. The van der Waals surface area contributed by atoms with Gasteiger partial charge in [0.15, 0.2) is 5.82 Å². The number of nitrogens with zero attached hydrogens (tertiary/aromatic N) is 2. The Bertz CT molecular complexity index is 678. The second-order valence-electron chi connectivity index (χ2n) is 3.25. The maximum absolute atomic E-state index is 13.4. The molecule has 0 amide bonds. The number of hydrogen-bond acceptors (Lipinski definition) is 4. The van der Waals surface area contributed by atoms with E-state index in [9.17, 15) is 12.8 Å². The van der Waals surface area contributed by atoms with Crippen LogP contribution in [0, 0.1) is 5.82 Å². The summed E-state index contributed by atoms with van der Waals surface area (Å²) >= 11 is 3.14. The second kappa shape index (κ2) is 4.99. The summed E-state index contributed by atoms with van der Waals surface area (Å²) in [6.45, 7) is 0. The van der Waals surface area contributed by atoms with Crippen LogP contribution in [0.25, 0.3) is 0 Å². The summed E-state index contributed by atoms with van der Waals surface area (Å²) in [4.78, 5) is 7.31. The molecule has 2 aromatic rings. The van der Waals surface area contributed by atoms with Crippen LogP contribution in [0.15, 0.2) is 46.3 Å². The summed E-state index contributed by atoms with van der Waals surface area (Å²) in [5.41, 5.74) is 0.259. The van der Waals surface area contributed by atoms with Crippen molar-refractivity contribution in [3.63, 3.8) is 0 Å². The summed E-state index contributed by atoms with van der Waals surface area (Å²) in [5, 5.41) is -0.645. The average Bonchev–Trinajstić information content (AvgIpc) is 2.32. The number of rotatable bonds is 3. The average molecular weight is 332 g/mol. The largest absolute Gasteiger partial charge is 0.282 e. The number of anilines is 1. The van der Waals surface area contributed by atoms with Gasteiger partial charge in [-0.15, -0.1) is 0 Å². The van der Waals surface area contributed by atoms with E-state index < -0.39 is 20.9 Å². The maximum Gasteiger partial charge on any atom is 0.282 e. The van der Waals surface area contributed by atoms with Gasteiger partial charge in [0.1, 0.15) is 0 Å². The van der Waals surface area contributed by atoms with Crippen LogP contribution in [0.2, 0.25) is 0 Å². The molecule has 1 N–H and O–H groups in total. The smallest absolute Gasteiger partial charge is 0.277 e. The van der Waals surface area contributed by atoms with Gasteiger partial charge in [-0.1, -0.05) is 0 Å². The van der Waals surface area contributed by atoms with E-state index in [-0.39, 0.29) is 5.69 Å². The van der Waals surface area contributed by atoms with Crippen LogP contribution < -0.4 is 4.72 Å². The van der Waals surface area contributed by atoms with Crippen LogP contribution in [0.4, 0.5) is 10.1 Å².